The van der Waals surface area contributed by atoms with Crippen LogP contribution >= 0.6 is 11.1 Å². The molecule has 0 rings (SSSR count). The van der Waals surface area contributed by atoms with Crippen LogP contribution in [0.3, 0.4) is 0 Å². The molecule has 17 heavy (non-hydrogen) atoms. The molecule has 0 fully saturated rings. The molecule has 0 nitrogen and oxygen atoms in total. The molecule has 0 aromatic rings. The van der Waals surface area contributed by atoms with Gasteiger partial charge in [0.15, 0.2) is 7.38 Å². The molecular formula is C15H29ClSi. The van der Waals surface area contributed by atoms with Crippen LogP contribution in [0, 0.1) is 0 Å². The fourth-order valence-corrected chi connectivity index (χ4v) is 5.07. The van der Waals surface area contributed by atoms with E-state index in [1.54, 1.807) is 0 Å². The van der Waals surface area contributed by atoms with Gasteiger partial charge in [0.1, 0.15) is 0 Å². The van der Waals surface area contributed by atoms with Gasteiger partial charge in [0.25, 0.3) is 0 Å². The highest BCUT2D eigenvalue weighted by atomic mass is 35.6. The van der Waals surface area contributed by atoms with Crippen LogP contribution < -0.4 is 0 Å². The third kappa shape index (κ3) is 12.2. The first-order valence-corrected chi connectivity index (χ1v) is 11.0. The average Bonchev–Trinajstić information content (AvgIpc) is 2.29. The van der Waals surface area contributed by atoms with Crippen molar-refractivity contribution in [2.24, 2.45) is 0 Å². The van der Waals surface area contributed by atoms with Crippen LogP contribution in [0.15, 0.2) is 25.3 Å². The monoisotopic (exact) mass is 272 g/mol. The molecule has 0 aromatic heterocycles. The molecule has 1 atom stereocenters. The van der Waals surface area contributed by atoms with Crippen LogP contribution in [-0.2, 0) is 0 Å². The molecule has 0 aliphatic rings. The fraction of sp³-hybridized carbons (Fsp3) is 0.733. The number of hydrogen-bond donors (Lipinski definition) is 0. The van der Waals surface area contributed by atoms with Crippen molar-refractivity contribution in [2.75, 3.05) is 0 Å². The van der Waals surface area contributed by atoms with Gasteiger partial charge >= 0.3 is 0 Å². The minimum Gasteiger partial charge on any atom is -0.167 e. The van der Waals surface area contributed by atoms with Crippen LogP contribution in [0.25, 0.3) is 0 Å². The van der Waals surface area contributed by atoms with Gasteiger partial charge in [0.2, 0.25) is 0 Å². The van der Waals surface area contributed by atoms with Crippen LogP contribution in [0.4, 0.5) is 0 Å². The zero-order valence-corrected chi connectivity index (χ0v) is 13.3. The van der Waals surface area contributed by atoms with Crippen molar-refractivity contribution in [3.8, 4) is 0 Å². The van der Waals surface area contributed by atoms with E-state index >= 15 is 0 Å². The van der Waals surface area contributed by atoms with E-state index in [4.69, 9.17) is 11.1 Å². The second kappa shape index (κ2) is 11.1. The van der Waals surface area contributed by atoms with Crippen molar-refractivity contribution in [1.29, 1.82) is 0 Å². The smallest absolute Gasteiger partial charge is 0.153 e. The van der Waals surface area contributed by atoms with E-state index < -0.39 is 7.38 Å². The van der Waals surface area contributed by atoms with Gasteiger partial charge in [0, 0.05) is 0 Å². The SMILES string of the molecule is C=CCCCCCC[Si](C)(Cl)CCCCC=C. The van der Waals surface area contributed by atoms with Crippen LogP contribution in [0.5, 0.6) is 0 Å². The highest BCUT2D eigenvalue weighted by Gasteiger charge is 2.22. The summed E-state index contributed by atoms with van der Waals surface area (Å²) >= 11 is 6.65. The molecule has 0 amide bonds. The van der Waals surface area contributed by atoms with E-state index in [-0.39, 0.29) is 0 Å². The van der Waals surface area contributed by atoms with Gasteiger partial charge in [-0.15, -0.1) is 13.2 Å². The Hall–Kier alpha value is -0.0131. The largest absolute Gasteiger partial charge is 0.167 e. The summed E-state index contributed by atoms with van der Waals surface area (Å²) in [6, 6.07) is 2.56. The molecule has 0 aliphatic carbocycles. The molecule has 1 unspecified atom stereocenters. The quantitative estimate of drug-likeness (QED) is 0.169. The number of hydrogen-bond acceptors (Lipinski definition) is 0. The summed E-state index contributed by atoms with van der Waals surface area (Å²) < 4.78 is 0. The maximum Gasteiger partial charge on any atom is 0.153 e. The molecule has 0 bridgehead atoms. The second-order valence-electron chi connectivity index (χ2n) is 5.19. The molecule has 0 spiro atoms. The summed E-state index contributed by atoms with van der Waals surface area (Å²) in [6.45, 7) is 9.82. The van der Waals surface area contributed by atoms with Crippen LogP contribution in [-0.4, -0.2) is 7.38 Å². The zero-order valence-electron chi connectivity index (χ0n) is 11.5. The van der Waals surface area contributed by atoms with Crippen molar-refractivity contribution in [3.05, 3.63) is 25.3 Å². The minimum absolute atomic E-state index is 1.14. The normalized spacial score (nSPS) is 14.2. The number of allylic oxidation sites excluding steroid dienone is 2. The maximum absolute atomic E-state index is 6.65. The van der Waals surface area contributed by atoms with Crippen molar-refractivity contribution >= 4 is 18.5 Å². The standard InChI is InChI=1S/C15H29ClSi/c1-4-6-8-10-11-13-15-17(3,16)14-12-9-7-5-2/h4-5H,1-2,6-15H2,3H3. The molecule has 0 saturated carbocycles. The van der Waals surface area contributed by atoms with E-state index in [0.29, 0.717) is 0 Å². The lowest BCUT2D eigenvalue weighted by atomic mass is 10.1. The first kappa shape index (κ1) is 17.0. The topological polar surface area (TPSA) is 0 Å². The third-order valence-corrected chi connectivity index (χ3v) is 7.14. The van der Waals surface area contributed by atoms with Crippen molar-refractivity contribution in [3.63, 3.8) is 0 Å². The molecule has 0 aromatic carbocycles. The Morgan fingerprint density at radius 2 is 1.24 bits per heavy atom. The Bertz CT molecular complexity index is 199. The Kier molecular flexibility index (Phi) is 11.1. The van der Waals surface area contributed by atoms with Crippen molar-refractivity contribution in [2.45, 2.75) is 70.0 Å². The first-order valence-electron chi connectivity index (χ1n) is 7.03. The molecule has 0 saturated heterocycles. The third-order valence-electron chi connectivity index (χ3n) is 3.21. The summed E-state index contributed by atoms with van der Waals surface area (Å²) in [6.07, 6.45) is 14.2. The van der Waals surface area contributed by atoms with E-state index in [9.17, 15) is 0 Å². The zero-order chi connectivity index (χ0) is 13.0. The lowest BCUT2D eigenvalue weighted by molar-refractivity contribution is 0.670. The molecule has 0 N–H and O–H groups in total. The molecule has 0 heterocycles. The fourth-order valence-electron chi connectivity index (χ4n) is 2.04. The van der Waals surface area contributed by atoms with Gasteiger partial charge in [-0.3, -0.25) is 0 Å². The number of halogens is 1. The summed E-state index contributed by atoms with van der Waals surface area (Å²) in [7, 11) is -1.40. The summed E-state index contributed by atoms with van der Waals surface area (Å²) in [5.74, 6) is 0. The molecule has 0 radical (unpaired) electrons. The molecule has 100 valence electrons. The number of rotatable bonds is 12. The van der Waals surface area contributed by atoms with Gasteiger partial charge in [-0.2, -0.15) is 11.1 Å². The van der Waals surface area contributed by atoms with E-state index in [1.165, 1.54) is 50.6 Å². The Morgan fingerprint density at radius 3 is 1.76 bits per heavy atom. The minimum atomic E-state index is -1.40. The predicted octanol–water partition coefficient (Wildman–Crippen LogP) is 6.29. The van der Waals surface area contributed by atoms with E-state index in [2.05, 4.69) is 19.7 Å². The Labute approximate surface area is 114 Å². The molecular weight excluding hydrogens is 244 g/mol. The average molecular weight is 273 g/mol. The lowest BCUT2D eigenvalue weighted by Gasteiger charge is -2.18. The first-order chi connectivity index (χ1) is 8.12. The lowest BCUT2D eigenvalue weighted by Crippen LogP contribution is -2.21. The Morgan fingerprint density at radius 1 is 0.824 bits per heavy atom. The predicted molar refractivity (Wildman–Crippen MR) is 84.4 cm³/mol. The van der Waals surface area contributed by atoms with E-state index in [1.807, 2.05) is 12.2 Å². The second-order valence-corrected chi connectivity index (χ2v) is 11.8. The summed E-state index contributed by atoms with van der Waals surface area (Å²) in [4.78, 5) is 0. The number of unbranched alkanes of at least 4 members (excludes halogenated alkanes) is 6. The molecule has 2 heteroatoms. The van der Waals surface area contributed by atoms with Gasteiger partial charge in [0.05, 0.1) is 0 Å². The van der Waals surface area contributed by atoms with Crippen LogP contribution in [0.1, 0.15) is 51.4 Å². The maximum atomic E-state index is 6.65. The highest BCUT2D eigenvalue weighted by Crippen LogP contribution is 2.26. The van der Waals surface area contributed by atoms with Gasteiger partial charge in [-0.25, -0.2) is 0 Å². The Balaban J connectivity index is 3.42. The van der Waals surface area contributed by atoms with Crippen molar-refractivity contribution < 1.29 is 0 Å². The highest BCUT2D eigenvalue weighted by molar-refractivity contribution is 7.19. The summed E-state index contributed by atoms with van der Waals surface area (Å²) in [5.41, 5.74) is 0. The van der Waals surface area contributed by atoms with Gasteiger partial charge < -0.3 is 0 Å². The summed E-state index contributed by atoms with van der Waals surface area (Å²) in [5, 5.41) is 0. The van der Waals surface area contributed by atoms with Crippen molar-refractivity contribution in [1.82, 2.24) is 0 Å². The van der Waals surface area contributed by atoms with Gasteiger partial charge in [-0.1, -0.05) is 50.8 Å². The van der Waals surface area contributed by atoms with Crippen LogP contribution in [0.2, 0.25) is 18.6 Å². The van der Waals surface area contributed by atoms with Gasteiger partial charge in [-0.05, 0) is 31.4 Å². The van der Waals surface area contributed by atoms with E-state index in [0.717, 1.165) is 12.8 Å². The molecule has 0 aliphatic heterocycles.